The molecule has 0 fully saturated rings. The first kappa shape index (κ1) is 22.8. The van der Waals surface area contributed by atoms with Crippen molar-refractivity contribution in [2.75, 3.05) is 6.54 Å². The van der Waals surface area contributed by atoms with Gasteiger partial charge < -0.3 is 26.8 Å². The van der Waals surface area contributed by atoms with E-state index in [4.69, 9.17) is 10.8 Å². The molecule has 0 heterocycles. The van der Waals surface area contributed by atoms with Gasteiger partial charge in [0.05, 0.1) is 12.6 Å². The van der Waals surface area contributed by atoms with Crippen molar-refractivity contribution in [2.45, 2.75) is 59.2 Å². The molecule has 0 aromatic heterocycles. The molecule has 0 aliphatic rings. The predicted molar refractivity (Wildman–Crippen MR) is 92.4 cm³/mol. The van der Waals surface area contributed by atoms with E-state index in [1.54, 1.807) is 13.8 Å². The molecule has 0 spiro atoms. The van der Waals surface area contributed by atoms with Gasteiger partial charge in [0.2, 0.25) is 17.7 Å². The molecule has 0 aliphatic carbocycles. The van der Waals surface area contributed by atoms with Crippen LogP contribution >= 0.6 is 0 Å². The van der Waals surface area contributed by atoms with Crippen molar-refractivity contribution < 1.29 is 24.3 Å². The lowest BCUT2D eigenvalue weighted by Crippen LogP contribution is -2.55. The van der Waals surface area contributed by atoms with Crippen molar-refractivity contribution in [1.82, 2.24) is 16.0 Å². The van der Waals surface area contributed by atoms with Crippen LogP contribution < -0.4 is 21.7 Å². The third kappa shape index (κ3) is 9.04. The summed E-state index contributed by atoms with van der Waals surface area (Å²) in [5.41, 5.74) is 5.72. The van der Waals surface area contributed by atoms with Crippen molar-refractivity contribution in [3.63, 3.8) is 0 Å². The zero-order valence-electron chi connectivity index (χ0n) is 15.5. The van der Waals surface area contributed by atoms with Gasteiger partial charge in [-0.2, -0.15) is 0 Å². The van der Waals surface area contributed by atoms with E-state index in [0.29, 0.717) is 6.42 Å². The van der Waals surface area contributed by atoms with E-state index in [1.165, 1.54) is 6.92 Å². The second kappa shape index (κ2) is 10.7. The van der Waals surface area contributed by atoms with Gasteiger partial charge in [0.15, 0.2) is 0 Å². The molecule has 0 rings (SSSR count). The Kier molecular flexibility index (Phi) is 9.73. The molecule has 0 bridgehead atoms. The van der Waals surface area contributed by atoms with E-state index in [0.717, 1.165) is 0 Å². The normalized spacial score (nSPS) is 14.6. The second-order valence-corrected chi connectivity index (χ2v) is 6.81. The average molecular weight is 358 g/mol. The lowest BCUT2D eigenvalue weighted by molar-refractivity contribution is -0.142. The summed E-state index contributed by atoms with van der Waals surface area (Å²) in [5, 5.41) is 16.1. The number of nitrogens with one attached hydrogen (secondary N) is 3. The molecule has 25 heavy (non-hydrogen) atoms. The molecule has 9 nitrogen and oxygen atoms in total. The number of carboxylic acids is 1. The molecule has 0 radical (unpaired) electrons. The van der Waals surface area contributed by atoms with Crippen LogP contribution in [-0.2, 0) is 19.2 Å². The minimum Gasteiger partial charge on any atom is -0.480 e. The quantitative estimate of drug-likeness (QED) is 0.345. The Labute approximate surface area is 148 Å². The number of carboxylic acid groups (broad SMARTS) is 1. The van der Waals surface area contributed by atoms with Crippen molar-refractivity contribution in [3.8, 4) is 0 Å². The highest BCUT2D eigenvalue weighted by molar-refractivity contribution is 5.92. The highest BCUT2D eigenvalue weighted by Gasteiger charge is 2.27. The highest BCUT2D eigenvalue weighted by atomic mass is 16.4. The Bertz CT molecular complexity index is 493. The Hall–Kier alpha value is -2.16. The highest BCUT2D eigenvalue weighted by Crippen LogP contribution is 2.03. The fourth-order valence-electron chi connectivity index (χ4n) is 2.04. The number of carbonyl (C=O) groups is 4. The van der Waals surface area contributed by atoms with Crippen molar-refractivity contribution in [1.29, 1.82) is 0 Å². The zero-order valence-corrected chi connectivity index (χ0v) is 15.5. The topological polar surface area (TPSA) is 151 Å². The van der Waals surface area contributed by atoms with Crippen LogP contribution in [0, 0.1) is 11.8 Å². The van der Waals surface area contributed by atoms with Crippen molar-refractivity contribution in [2.24, 2.45) is 17.6 Å². The van der Waals surface area contributed by atoms with Gasteiger partial charge in [0.25, 0.3) is 0 Å². The number of aliphatic carboxylic acids is 1. The maximum absolute atomic E-state index is 12.1. The maximum atomic E-state index is 12.1. The predicted octanol–water partition coefficient (Wildman–Crippen LogP) is -0.794. The van der Waals surface area contributed by atoms with E-state index in [2.05, 4.69) is 16.0 Å². The smallest absolute Gasteiger partial charge is 0.325 e. The van der Waals surface area contributed by atoms with Crippen LogP contribution in [0.3, 0.4) is 0 Å². The van der Waals surface area contributed by atoms with E-state index < -0.39 is 41.8 Å². The van der Waals surface area contributed by atoms with Gasteiger partial charge in [-0.15, -0.1) is 0 Å². The minimum absolute atomic E-state index is 0.250. The third-order valence-electron chi connectivity index (χ3n) is 3.48. The second-order valence-electron chi connectivity index (χ2n) is 6.81. The molecule has 0 saturated heterocycles. The summed E-state index contributed by atoms with van der Waals surface area (Å²) in [6, 6.07) is -2.68. The first-order valence-electron chi connectivity index (χ1n) is 8.31. The Morgan fingerprint density at radius 2 is 1.52 bits per heavy atom. The molecule has 0 saturated carbocycles. The summed E-state index contributed by atoms with van der Waals surface area (Å²) in [4.78, 5) is 46.7. The number of nitrogens with two attached hydrogens (primary N) is 1. The maximum Gasteiger partial charge on any atom is 0.325 e. The van der Waals surface area contributed by atoms with Gasteiger partial charge >= 0.3 is 5.97 Å². The van der Waals surface area contributed by atoms with E-state index in [9.17, 15) is 19.2 Å². The molecule has 0 aliphatic heterocycles. The molecular formula is C16H30N4O5. The fourth-order valence-corrected chi connectivity index (χ4v) is 2.04. The average Bonchev–Trinajstić information content (AvgIpc) is 2.48. The van der Waals surface area contributed by atoms with Crippen LogP contribution in [0.5, 0.6) is 0 Å². The summed E-state index contributed by atoms with van der Waals surface area (Å²) < 4.78 is 0. The number of hydrogen-bond donors (Lipinski definition) is 5. The SMILES string of the molecule is CC(C)CC(N)C(=O)NCC(=O)NC(C(=O)NC(C)C(=O)O)C(C)C. The minimum atomic E-state index is -1.17. The van der Waals surface area contributed by atoms with Crippen LogP contribution in [0.1, 0.15) is 41.0 Å². The van der Waals surface area contributed by atoms with Crippen molar-refractivity contribution in [3.05, 3.63) is 0 Å². The number of carbonyl (C=O) groups excluding carboxylic acids is 3. The van der Waals surface area contributed by atoms with Crippen LogP contribution in [0.2, 0.25) is 0 Å². The molecular weight excluding hydrogens is 328 g/mol. The summed E-state index contributed by atoms with van der Waals surface area (Å²) in [6.45, 7) is 8.32. The van der Waals surface area contributed by atoms with Crippen LogP contribution in [0.25, 0.3) is 0 Å². The first-order valence-corrected chi connectivity index (χ1v) is 8.31. The molecule has 0 aromatic carbocycles. The molecule has 0 aromatic rings. The zero-order chi connectivity index (χ0) is 19.7. The molecule has 3 unspecified atom stereocenters. The van der Waals surface area contributed by atoms with Gasteiger partial charge in [0.1, 0.15) is 12.1 Å². The Morgan fingerprint density at radius 3 is 1.96 bits per heavy atom. The number of hydrogen-bond acceptors (Lipinski definition) is 5. The molecule has 3 atom stereocenters. The summed E-state index contributed by atoms with van der Waals surface area (Å²) >= 11 is 0. The largest absolute Gasteiger partial charge is 0.480 e. The third-order valence-corrected chi connectivity index (χ3v) is 3.48. The van der Waals surface area contributed by atoms with Crippen LogP contribution in [0.15, 0.2) is 0 Å². The van der Waals surface area contributed by atoms with Gasteiger partial charge in [-0.25, -0.2) is 0 Å². The van der Waals surface area contributed by atoms with Crippen molar-refractivity contribution >= 4 is 23.7 Å². The van der Waals surface area contributed by atoms with E-state index >= 15 is 0 Å². The van der Waals surface area contributed by atoms with E-state index in [-0.39, 0.29) is 18.4 Å². The van der Waals surface area contributed by atoms with Crippen LogP contribution in [-0.4, -0.2) is 53.5 Å². The summed E-state index contributed by atoms with van der Waals surface area (Å²) in [6.07, 6.45) is 0.498. The standard InChI is InChI=1S/C16H30N4O5/c1-8(2)6-11(17)14(22)18-7-12(21)20-13(9(3)4)15(23)19-10(5)16(24)25/h8-11,13H,6-7,17H2,1-5H3,(H,18,22)(H,19,23)(H,20,21)(H,24,25). The van der Waals surface area contributed by atoms with Crippen LogP contribution in [0.4, 0.5) is 0 Å². The Morgan fingerprint density at radius 1 is 0.960 bits per heavy atom. The van der Waals surface area contributed by atoms with Gasteiger partial charge in [-0.3, -0.25) is 19.2 Å². The fraction of sp³-hybridized carbons (Fsp3) is 0.750. The molecule has 144 valence electrons. The monoisotopic (exact) mass is 358 g/mol. The van der Waals surface area contributed by atoms with Gasteiger partial charge in [0, 0.05) is 0 Å². The van der Waals surface area contributed by atoms with Gasteiger partial charge in [-0.05, 0) is 25.2 Å². The van der Waals surface area contributed by atoms with E-state index in [1.807, 2.05) is 13.8 Å². The lowest BCUT2D eigenvalue weighted by atomic mass is 10.0. The first-order chi connectivity index (χ1) is 11.5. The summed E-state index contributed by atoms with van der Waals surface area (Å²) in [7, 11) is 0. The Balaban J connectivity index is 4.58. The summed E-state index contributed by atoms with van der Waals surface area (Å²) in [5.74, 6) is -2.77. The lowest BCUT2D eigenvalue weighted by Gasteiger charge is -2.23. The molecule has 6 N–H and O–H groups in total. The molecule has 9 heteroatoms. The number of amides is 3. The van der Waals surface area contributed by atoms with Gasteiger partial charge in [-0.1, -0.05) is 27.7 Å². The molecule has 3 amide bonds. The number of rotatable bonds is 10.